The van der Waals surface area contributed by atoms with Crippen molar-refractivity contribution in [3.63, 3.8) is 0 Å². The Morgan fingerprint density at radius 1 is 1.57 bits per heavy atom. The monoisotopic (exact) mass is 252 g/mol. The Labute approximate surface area is 91.1 Å². The zero-order valence-electron chi connectivity index (χ0n) is 7.89. The Kier molecular flexibility index (Phi) is 3.66. The molecule has 0 aliphatic heterocycles. The zero-order chi connectivity index (χ0) is 10.6. The first-order chi connectivity index (χ1) is 6.65. The summed E-state index contributed by atoms with van der Waals surface area (Å²) in [7, 11) is 0. The number of carbonyl (C=O) groups is 1. The second kappa shape index (κ2) is 4.77. The minimum atomic E-state index is -0.346. The average molecular weight is 253 g/mol. The third-order valence-corrected chi connectivity index (χ3v) is 1.95. The Morgan fingerprint density at radius 3 is 2.86 bits per heavy atom. The first-order valence-electron chi connectivity index (χ1n) is 4.00. The van der Waals surface area contributed by atoms with Gasteiger partial charge in [-0.05, 0) is 30.3 Å². The van der Waals surface area contributed by atoms with Crippen molar-refractivity contribution in [2.24, 2.45) is 0 Å². The van der Waals surface area contributed by atoms with Crippen molar-refractivity contribution in [2.45, 2.75) is 13.8 Å². The van der Waals surface area contributed by atoms with Gasteiger partial charge < -0.3 is 5.32 Å². The van der Waals surface area contributed by atoms with Gasteiger partial charge in [0.2, 0.25) is 0 Å². The van der Waals surface area contributed by atoms with Gasteiger partial charge in [0.15, 0.2) is 0 Å². The standard InChI is InChI=1S/C10H9BrN2O/c1-7-4-6-12-8(2)10(7)13-9(14)3-5-11/h4,6H,1-2H3,(H,13,14). The molecule has 1 aromatic rings. The summed E-state index contributed by atoms with van der Waals surface area (Å²) in [5.74, 6) is 1.99. The second-order valence-corrected chi connectivity index (χ2v) is 3.16. The normalized spacial score (nSPS) is 8.79. The van der Waals surface area contributed by atoms with Crippen LogP contribution in [0.3, 0.4) is 0 Å². The molecule has 0 atom stereocenters. The van der Waals surface area contributed by atoms with E-state index in [1.807, 2.05) is 19.9 Å². The van der Waals surface area contributed by atoms with Crippen molar-refractivity contribution in [2.75, 3.05) is 5.32 Å². The number of nitrogens with one attached hydrogen (secondary N) is 1. The third kappa shape index (κ3) is 2.57. The summed E-state index contributed by atoms with van der Waals surface area (Å²) in [6, 6.07) is 1.84. The number of rotatable bonds is 1. The van der Waals surface area contributed by atoms with Gasteiger partial charge in [-0.25, -0.2) is 0 Å². The molecule has 1 heterocycles. The van der Waals surface area contributed by atoms with E-state index in [1.54, 1.807) is 6.20 Å². The predicted octanol–water partition coefficient (Wildman–Crippen LogP) is 1.99. The van der Waals surface area contributed by atoms with E-state index >= 15 is 0 Å². The molecule has 4 heteroatoms. The number of pyridine rings is 1. The minimum absolute atomic E-state index is 0.346. The molecule has 3 nitrogen and oxygen atoms in total. The lowest BCUT2D eigenvalue weighted by Crippen LogP contribution is -2.11. The highest BCUT2D eigenvalue weighted by Gasteiger charge is 2.05. The molecule has 1 N–H and O–H groups in total. The van der Waals surface area contributed by atoms with Crippen molar-refractivity contribution in [3.8, 4) is 10.8 Å². The average Bonchev–Trinajstić information content (AvgIpc) is 2.12. The smallest absolute Gasteiger partial charge is 0.301 e. The van der Waals surface area contributed by atoms with Crippen LogP contribution in [0.2, 0.25) is 0 Å². The van der Waals surface area contributed by atoms with Gasteiger partial charge in [0.1, 0.15) is 0 Å². The van der Waals surface area contributed by atoms with Crippen LogP contribution in [-0.4, -0.2) is 10.9 Å². The summed E-state index contributed by atoms with van der Waals surface area (Å²) in [4.78, 5) is 17.6. The molecular weight excluding hydrogens is 244 g/mol. The van der Waals surface area contributed by atoms with Crippen LogP contribution in [-0.2, 0) is 4.79 Å². The molecule has 0 saturated carbocycles. The van der Waals surface area contributed by atoms with Gasteiger partial charge in [-0.15, -0.1) is 0 Å². The Morgan fingerprint density at radius 2 is 2.29 bits per heavy atom. The maximum Gasteiger partial charge on any atom is 0.301 e. The summed E-state index contributed by atoms with van der Waals surface area (Å²) >= 11 is 2.86. The van der Waals surface area contributed by atoms with Gasteiger partial charge in [-0.2, -0.15) is 0 Å². The van der Waals surface area contributed by atoms with Crippen LogP contribution < -0.4 is 5.32 Å². The molecule has 1 amide bonds. The van der Waals surface area contributed by atoms with Gasteiger partial charge in [0.25, 0.3) is 0 Å². The molecule has 0 spiro atoms. The van der Waals surface area contributed by atoms with Crippen LogP contribution in [0.4, 0.5) is 5.69 Å². The van der Waals surface area contributed by atoms with E-state index in [0.717, 1.165) is 16.9 Å². The minimum Gasteiger partial charge on any atom is -0.313 e. The van der Waals surface area contributed by atoms with Gasteiger partial charge in [-0.3, -0.25) is 9.78 Å². The van der Waals surface area contributed by atoms with E-state index in [2.05, 4.69) is 37.0 Å². The number of nitrogens with zero attached hydrogens (tertiary/aromatic N) is 1. The number of carbonyl (C=O) groups excluding carboxylic acids is 1. The fraction of sp³-hybridized carbons (Fsp3) is 0.200. The van der Waals surface area contributed by atoms with Gasteiger partial charge in [-0.1, -0.05) is 0 Å². The molecule has 0 aliphatic rings. The molecule has 1 aromatic heterocycles. The number of aryl methyl sites for hydroxylation is 2. The van der Waals surface area contributed by atoms with Crippen molar-refractivity contribution in [1.29, 1.82) is 0 Å². The lowest BCUT2D eigenvalue weighted by molar-refractivity contribution is -0.111. The molecule has 0 aromatic carbocycles. The molecule has 72 valence electrons. The second-order valence-electron chi connectivity index (χ2n) is 2.76. The number of hydrogen-bond acceptors (Lipinski definition) is 2. The number of halogens is 1. The molecule has 0 bridgehead atoms. The van der Waals surface area contributed by atoms with Crippen molar-refractivity contribution in [1.82, 2.24) is 4.98 Å². The fourth-order valence-corrected chi connectivity index (χ4v) is 1.25. The third-order valence-electron chi connectivity index (χ3n) is 1.75. The summed E-state index contributed by atoms with van der Waals surface area (Å²) in [6.07, 6.45) is 1.70. The topological polar surface area (TPSA) is 42.0 Å². The highest BCUT2D eigenvalue weighted by atomic mass is 79.9. The highest BCUT2D eigenvalue weighted by molar-refractivity contribution is 9.12. The van der Waals surface area contributed by atoms with Crippen LogP contribution in [0.1, 0.15) is 11.3 Å². The molecule has 1 rings (SSSR count). The SMILES string of the molecule is Cc1ccnc(C)c1NC(=O)C#CBr. The summed E-state index contributed by atoms with van der Waals surface area (Å²) in [6.45, 7) is 3.75. The molecule has 0 fully saturated rings. The number of anilines is 1. The molecule has 0 radical (unpaired) electrons. The summed E-state index contributed by atoms with van der Waals surface area (Å²) < 4.78 is 0. The van der Waals surface area contributed by atoms with E-state index in [4.69, 9.17) is 0 Å². The summed E-state index contributed by atoms with van der Waals surface area (Å²) in [5.41, 5.74) is 2.49. The maximum absolute atomic E-state index is 11.2. The summed E-state index contributed by atoms with van der Waals surface area (Å²) in [5, 5.41) is 2.67. The first-order valence-corrected chi connectivity index (χ1v) is 4.79. The van der Waals surface area contributed by atoms with E-state index in [9.17, 15) is 4.79 Å². The van der Waals surface area contributed by atoms with Crippen LogP contribution in [0.25, 0.3) is 0 Å². The van der Waals surface area contributed by atoms with Crippen LogP contribution in [0, 0.1) is 24.6 Å². The van der Waals surface area contributed by atoms with Crippen molar-refractivity contribution >= 4 is 27.5 Å². The van der Waals surface area contributed by atoms with Crippen LogP contribution in [0.5, 0.6) is 0 Å². The van der Waals surface area contributed by atoms with Gasteiger partial charge in [0, 0.05) is 28.0 Å². The first kappa shape index (κ1) is 10.7. The molecular formula is C10H9BrN2O. The van der Waals surface area contributed by atoms with E-state index in [0.29, 0.717) is 0 Å². The Balaban J connectivity index is 2.95. The Hall–Kier alpha value is -1.34. The lowest BCUT2D eigenvalue weighted by atomic mass is 10.2. The lowest BCUT2D eigenvalue weighted by Gasteiger charge is -2.07. The van der Waals surface area contributed by atoms with Crippen LogP contribution >= 0.6 is 15.9 Å². The number of hydrogen-bond donors (Lipinski definition) is 1. The Bertz CT molecular complexity index is 398. The van der Waals surface area contributed by atoms with E-state index in [1.165, 1.54) is 0 Å². The maximum atomic E-state index is 11.2. The predicted molar refractivity (Wildman–Crippen MR) is 59.0 cm³/mol. The number of amides is 1. The van der Waals surface area contributed by atoms with Gasteiger partial charge >= 0.3 is 5.91 Å². The quantitative estimate of drug-likeness (QED) is 0.777. The zero-order valence-corrected chi connectivity index (χ0v) is 9.47. The fourth-order valence-electron chi connectivity index (χ4n) is 1.07. The molecule has 0 aliphatic carbocycles. The van der Waals surface area contributed by atoms with Gasteiger partial charge in [0.05, 0.1) is 11.4 Å². The van der Waals surface area contributed by atoms with Crippen molar-refractivity contribution < 1.29 is 4.79 Å². The van der Waals surface area contributed by atoms with Crippen molar-refractivity contribution in [3.05, 3.63) is 23.5 Å². The highest BCUT2D eigenvalue weighted by Crippen LogP contribution is 2.16. The largest absolute Gasteiger partial charge is 0.313 e. The van der Waals surface area contributed by atoms with E-state index < -0.39 is 0 Å². The molecule has 0 saturated heterocycles. The van der Waals surface area contributed by atoms with E-state index in [-0.39, 0.29) is 5.91 Å². The van der Waals surface area contributed by atoms with Crippen LogP contribution in [0.15, 0.2) is 12.3 Å². The number of aromatic nitrogens is 1. The molecule has 14 heavy (non-hydrogen) atoms. The molecule has 0 unspecified atom stereocenters.